The van der Waals surface area contributed by atoms with E-state index in [2.05, 4.69) is 15.1 Å². The molecule has 2 aromatic rings. The van der Waals surface area contributed by atoms with Gasteiger partial charge in [-0.05, 0) is 19.8 Å². The molecule has 1 fully saturated rings. The van der Waals surface area contributed by atoms with Crippen LogP contribution in [-0.2, 0) is 0 Å². The van der Waals surface area contributed by atoms with Crippen molar-refractivity contribution in [2.24, 2.45) is 0 Å². The molecule has 1 aliphatic rings. The topological polar surface area (TPSA) is 63.6 Å². The summed E-state index contributed by atoms with van der Waals surface area (Å²) in [6.07, 6.45) is 6.40. The van der Waals surface area contributed by atoms with Crippen LogP contribution in [0, 0.1) is 6.92 Å². The van der Waals surface area contributed by atoms with Crippen LogP contribution in [0.3, 0.4) is 0 Å². The molecule has 5 nitrogen and oxygen atoms in total. The average molecular weight is 218 g/mol. The van der Waals surface area contributed by atoms with Crippen molar-refractivity contribution in [1.29, 1.82) is 0 Å². The fraction of sp³-hybridized carbons (Fsp3) is 0.545. The summed E-state index contributed by atoms with van der Waals surface area (Å²) in [4.78, 5) is 18.8. The monoisotopic (exact) mass is 218 g/mol. The maximum atomic E-state index is 11.7. The van der Waals surface area contributed by atoms with E-state index < -0.39 is 0 Å². The first-order valence-corrected chi connectivity index (χ1v) is 5.70. The third-order valence-corrected chi connectivity index (χ3v) is 3.25. The van der Waals surface area contributed by atoms with Gasteiger partial charge >= 0.3 is 0 Å². The Balaban J connectivity index is 2.22. The molecule has 1 N–H and O–H groups in total. The van der Waals surface area contributed by atoms with Crippen LogP contribution in [0.2, 0.25) is 0 Å². The molecule has 0 radical (unpaired) electrons. The molecule has 2 aromatic heterocycles. The van der Waals surface area contributed by atoms with Crippen LogP contribution in [0.25, 0.3) is 11.0 Å². The van der Waals surface area contributed by atoms with Crippen molar-refractivity contribution < 1.29 is 0 Å². The van der Waals surface area contributed by atoms with Crippen molar-refractivity contribution in [2.45, 2.75) is 38.6 Å². The SMILES string of the molecule is Cc1nc2c(cnn2C2CCCC2)c(=O)[nH]1. The minimum absolute atomic E-state index is 0.0910. The molecule has 0 unspecified atom stereocenters. The van der Waals surface area contributed by atoms with Gasteiger partial charge in [-0.15, -0.1) is 0 Å². The van der Waals surface area contributed by atoms with E-state index in [4.69, 9.17) is 0 Å². The summed E-state index contributed by atoms with van der Waals surface area (Å²) < 4.78 is 1.92. The Morgan fingerprint density at radius 2 is 2.19 bits per heavy atom. The molecule has 1 aliphatic carbocycles. The Labute approximate surface area is 92.5 Å². The van der Waals surface area contributed by atoms with Crippen LogP contribution in [0.15, 0.2) is 11.0 Å². The second-order valence-corrected chi connectivity index (χ2v) is 4.42. The van der Waals surface area contributed by atoms with Gasteiger partial charge in [-0.2, -0.15) is 5.10 Å². The van der Waals surface area contributed by atoms with E-state index in [-0.39, 0.29) is 5.56 Å². The van der Waals surface area contributed by atoms with Crippen LogP contribution in [0.5, 0.6) is 0 Å². The van der Waals surface area contributed by atoms with E-state index in [0.717, 1.165) is 18.5 Å². The Bertz CT molecular complexity index is 577. The molecule has 0 aliphatic heterocycles. The zero-order valence-electron chi connectivity index (χ0n) is 9.23. The normalized spacial score (nSPS) is 17.3. The Kier molecular flexibility index (Phi) is 2.05. The molecule has 16 heavy (non-hydrogen) atoms. The lowest BCUT2D eigenvalue weighted by atomic mass is 10.2. The fourth-order valence-corrected chi connectivity index (χ4v) is 2.46. The molecule has 0 saturated heterocycles. The maximum absolute atomic E-state index is 11.7. The summed E-state index contributed by atoms with van der Waals surface area (Å²) in [7, 11) is 0. The Hall–Kier alpha value is -1.65. The van der Waals surface area contributed by atoms with Crippen molar-refractivity contribution in [3.8, 4) is 0 Å². The van der Waals surface area contributed by atoms with Gasteiger partial charge in [0.1, 0.15) is 11.2 Å². The highest BCUT2D eigenvalue weighted by atomic mass is 16.1. The molecule has 1 saturated carbocycles. The van der Waals surface area contributed by atoms with Crippen molar-refractivity contribution in [3.63, 3.8) is 0 Å². The number of aryl methyl sites for hydroxylation is 1. The highest BCUT2D eigenvalue weighted by molar-refractivity contribution is 5.73. The number of hydrogen-bond acceptors (Lipinski definition) is 3. The quantitative estimate of drug-likeness (QED) is 0.789. The van der Waals surface area contributed by atoms with Gasteiger partial charge in [0.05, 0.1) is 12.2 Å². The molecule has 0 atom stereocenters. The Morgan fingerprint density at radius 3 is 2.94 bits per heavy atom. The second kappa shape index (κ2) is 3.43. The first-order chi connectivity index (χ1) is 7.75. The van der Waals surface area contributed by atoms with Gasteiger partial charge in [-0.1, -0.05) is 12.8 Å². The summed E-state index contributed by atoms with van der Waals surface area (Å²) in [6.45, 7) is 1.80. The number of nitrogens with zero attached hydrogens (tertiary/aromatic N) is 3. The van der Waals surface area contributed by atoms with Crippen LogP contribution in [0.4, 0.5) is 0 Å². The van der Waals surface area contributed by atoms with Gasteiger partial charge < -0.3 is 4.98 Å². The molecule has 0 amide bonds. The maximum Gasteiger partial charge on any atom is 0.262 e. The van der Waals surface area contributed by atoms with E-state index in [9.17, 15) is 4.79 Å². The standard InChI is InChI=1S/C11H14N4O/c1-7-13-10-9(11(16)14-7)6-12-15(10)8-4-2-3-5-8/h6,8H,2-5H2,1H3,(H,13,14,16). The van der Waals surface area contributed by atoms with Gasteiger partial charge in [-0.3, -0.25) is 4.79 Å². The molecule has 5 heteroatoms. The second-order valence-electron chi connectivity index (χ2n) is 4.42. The highest BCUT2D eigenvalue weighted by Crippen LogP contribution is 2.30. The van der Waals surface area contributed by atoms with Crippen LogP contribution in [-0.4, -0.2) is 19.7 Å². The number of fused-ring (bicyclic) bond motifs is 1. The molecule has 0 spiro atoms. The zero-order chi connectivity index (χ0) is 11.1. The summed E-state index contributed by atoms with van der Waals surface area (Å²) in [6, 6.07) is 0.422. The van der Waals surface area contributed by atoms with E-state index >= 15 is 0 Å². The van der Waals surface area contributed by atoms with Gasteiger partial charge in [-0.25, -0.2) is 9.67 Å². The molecule has 84 valence electrons. The lowest BCUT2D eigenvalue weighted by molar-refractivity contribution is 0.478. The van der Waals surface area contributed by atoms with Crippen molar-refractivity contribution in [2.75, 3.05) is 0 Å². The van der Waals surface area contributed by atoms with Crippen LogP contribution >= 0.6 is 0 Å². The third-order valence-electron chi connectivity index (χ3n) is 3.25. The minimum Gasteiger partial charge on any atom is -0.310 e. The number of nitrogens with one attached hydrogen (secondary N) is 1. The van der Waals surface area contributed by atoms with E-state index in [1.807, 2.05) is 4.68 Å². The van der Waals surface area contributed by atoms with Crippen molar-refractivity contribution >= 4 is 11.0 Å². The van der Waals surface area contributed by atoms with Crippen molar-refractivity contribution in [3.05, 3.63) is 22.4 Å². The highest BCUT2D eigenvalue weighted by Gasteiger charge is 2.20. The molecule has 3 rings (SSSR count). The number of rotatable bonds is 1. The van der Waals surface area contributed by atoms with E-state index in [0.29, 0.717) is 17.3 Å². The molecule has 0 bridgehead atoms. The van der Waals surface area contributed by atoms with Crippen molar-refractivity contribution in [1.82, 2.24) is 19.7 Å². The zero-order valence-corrected chi connectivity index (χ0v) is 9.23. The van der Waals surface area contributed by atoms with Crippen LogP contribution in [0.1, 0.15) is 37.5 Å². The molecular formula is C11H14N4O. The van der Waals surface area contributed by atoms with E-state index in [1.165, 1.54) is 12.8 Å². The third kappa shape index (κ3) is 1.35. The summed E-state index contributed by atoms with van der Waals surface area (Å²) >= 11 is 0. The largest absolute Gasteiger partial charge is 0.310 e. The molecule has 0 aromatic carbocycles. The number of hydrogen-bond donors (Lipinski definition) is 1. The summed E-state index contributed by atoms with van der Waals surface area (Å²) in [5, 5.41) is 4.91. The van der Waals surface area contributed by atoms with Crippen LogP contribution < -0.4 is 5.56 Å². The fourth-order valence-electron chi connectivity index (χ4n) is 2.46. The van der Waals surface area contributed by atoms with Gasteiger partial charge in [0.25, 0.3) is 5.56 Å². The number of aromatic nitrogens is 4. The van der Waals surface area contributed by atoms with E-state index in [1.54, 1.807) is 13.1 Å². The average Bonchev–Trinajstić information content (AvgIpc) is 2.83. The molecular weight excluding hydrogens is 204 g/mol. The lowest BCUT2D eigenvalue weighted by Gasteiger charge is -2.10. The predicted octanol–water partition coefficient (Wildman–Crippen LogP) is 1.54. The number of aromatic amines is 1. The first kappa shape index (κ1) is 9.57. The Morgan fingerprint density at radius 1 is 1.44 bits per heavy atom. The minimum atomic E-state index is -0.0910. The predicted molar refractivity (Wildman–Crippen MR) is 60.4 cm³/mol. The summed E-state index contributed by atoms with van der Waals surface area (Å²) in [5.41, 5.74) is 0.639. The number of H-pyrrole nitrogens is 1. The van der Waals surface area contributed by atoms with Gasteiger partial charge in [0.15, 0.2) is 5.65 Å². The lowest BCUT2D eigenvalue weighted by Crippen LogP contribution is -2.12. The molecule has 2 heterocycles. The summed E-state index contributed by atoms with van der Waals surface area (Å²) in [5.74, 6) is 0.650. The first-order valence-electron chi connectivity index (χ1n) is 5.70. The smallest absolute Gasteiger partial charge is 0.262 e. The van der Waals surface area contributed by atoms with Gasteiger partial charge in [0, 0.05) is 0 Å². The van der Waals surface area contributed by atoms with Gasteiger partial charge in [0.2, 0.25) is 0 Å².